The summed E-state index contributed by atoms with van der Waals surface area (Å²) in [4.78, 5) is 3.06. The maximum Gasteiger partial charge on any atom is 0.418 e. The summed E-state index contributed by atoms with van der Waals surface area (Å²) in [5, 5.41) is 17.0. The quantitative estimate of drug-likeness (QED) is 0.769. The Labute approximate surface area is 98.1 Å². The van der Waals surface area contributed by atoms with Crippen molar-refractivity contribution in [3.8, 4) is 12.1 Å². The fraction of sp³-hybridized carbons (Fsp3) is 0.300. The molecule has 0 aliphatic heterocycles. The van der Waals surface area contributed by atoms with Crippen LogP contribution in [0.3, 0.4) is 0 Å². The Bertz CT molecular complexity index is 536. The first-order valence-corrected chi connectivity index (χ1v) is 4.47. The Morgan fingerprint density at radius 1 is 1.28 bits per heavy atom. The van der Waals surface area contributed by atoms with Crippen molar-refractivity contribution in [2.45, 2.75) is 19.0 Å². The van der Waals surface area contributed by atoms with Crippen molar-refractivity contribution < 1.29 is 22.0 Å². The number of rotatable bonds is 2. The molecule has 18 heavy (non-hydrogen) atoms. The van der Waals surface area contributed by atoms with Crippen molar-refractivity contribution in [3.63, 3.8) is 0 Å². The second-order valence-electron chi connectivity index (χ2n) is 3.16. The van der Waals surface area contributed by atoms with Gasteiger partial charge in [0.25, 0.3) is 6.43 Å². The minimum atomic E-state index is -4.91. The molecule has 1 aromatic heterocycles. The third-order valence-corrected chi connectivity index (χ3v) is 2.11. The first-order chi connectivity index (χ1) is 8.32. The highest BCUT2D eigenvalue weighted by molar-refractivity contribution is 5.45. The van der Waals surface area contributed by atoms with Crippen molar-refractivity contribution in [2.75, 3.05) is 0 Å². The van der Waals surface area contributed by atoms with Gasteiger partial charge in [-0.15, -0.1) is 0 Å². The van der Waals surface area contributed by atoms with E-state index in [4.69, 9.17) is 10.5 Å². The molecule has 0 atom stereocenters. The topological polar surface area (TPSA) is 60.5 Å². The second kappa shape index (κ2) is 4.96. The van der Waals surface area contributed by atoms with Gasteiger partial charge < -0.3 is 0 Å². The van der Waals surface area contributed by atoms with Crippen LogP contribution in [0.4, 0.5) is 22.0 Å². The van der Waals surface area contributed by atoms with Gasteiger partial charge in [-0.25, -0.2) is 13.8 Å². The predicted molar refractivity (Wildman–Crippen MR) is 48.2 cm³/mol. The predicted octanol–water partition coefficient (Wildman–Crippen LogP) is 2.98. The normalized spacial score (nSPS) is 11.1. The van der Waals surface area contributed by atoms with E-state index in [9.17, 15) is 22.0 Å². The van der Waals surface area contributed by atoms with Gasteiger partial charge in [-0.3, -0.25) is 0 Å². The van der Waals surface area contributed by atoms with Gasteiger partial charge in [0.15, 0.2) is 0 Å². The van der Waals surface area contributed by atoms with Crippen molar-refractivity contribution in [1.82, 2.24) is 4.98 Å². The minimum absolute atomic E-state index is 0.289. The Morgan fingerprint density at radius 3 is 2.28 bits per heavy atom. The number of hydrogen-bond donors (Lipinski definition) is 0. The number of nitriles is 2. The molecular weight excluding hydrogens is 257 g/mol. The zero-order valence-electron chi connectivity index (χ0n) is 8.59. The van der Waals surface area contributed by atoms with Crippen molar-refractivity contribution in [2.24, 2.45) is 0 Å². The summed E-state index contributed by atoms with van der Waals surface area (Å²) < 4.78 is 63.1. The van der Waals surface area contributed by atoms with Crippen molar-refractivity contribution >= 4 is 0 Å². The zero-order chi connectivity index (χ0) is 13.9. The van der Waals surface area contributed by atoms with Crippen LogP contribution >= 0.6 is 0 Å². The molecule has 8 heteroatoms. The number of pyridine rings is 1. The summed E-state index contributed by atoms with van der Waals surface area (Å²) in [6.45, 7) is 0. The van der Waals surface area contributed by atoms with E-state index in [2.05, 4.69) is 4.98 Å². The fourth-order valence-electron chi connectivity index (χ4n) is 1.40. The van der Waals surface area contributed by atoms with Crippen LogP contribution in [0.15, 0.2) is 6.20 Å². The molecule has 0 fully saturated rings. The van der Waals surface area contributed by atoms with Crippen LogP contribution in [0.5, 0.6) is 0 Å². The lowest BCUT2D eigenvalue weighted by Gasteiger charge is -2.15. The molecule has 1 heterocycles. The number of alkyl halides is 5. The molecule has 0 aromatic carbocycles. The third-order valence-electron chi connectivity index (χ3n) is 2.11. The van der Waals surface area contributed by atoms with Gasteiger partial charge in [0, 0.05) is 6.20 Å². The molecule has 0 bridgehead atoms. The van der Waals surface area contributed by atoms with Crippen LogP contribution in [-0.4, -0.2) is 4.98 Å². The van der Waals surface area contributed by atoms with Crippen LogP contribution in [0.2, 0.25) is 0 Å². The monoisotopic (exact) mass is 261 g/mol. The smallest absolute Gasteiger partial charge is 0.244 e. The van der Waals surface area contributed by atoms with Crippen LogP contribution in [-0.2, 0) is 12.6 Å². The van der Waals surface area contributed by atoms with E-state index < -0.39 is 41.4 Å². The highest BCUT2D eigenvalue weighted by Crippen LogP contribution is 2.36. The lowest BCUT2D eigenvalue weighted by molar-refractivity contribution is -0.138. The average molecular weight is 261 g/mol. The fourth-order valence-corrected chi connectivity index (χ4v) is 1.40. The van der Waals surface area contributed by atoms with E-state index in [1.165, 1.54) is 12.1 Å². The van der Waals surface area contributed by atoms with Gasteiger partial charge in [0.05, 0.1) is 23.6 Å². The van der Waals surface area contributed by atoms with E-state index in [0.29, 0.717) is 0 Å². The molecule has 94 valence electrons. The molecule has 0 aliphatic carbocycles. The molecule has 0 amide bonds. The Balaban J connectivity index is 3.65. The molecule has 0 saturated carbocycles. The Morgan fingerprint density at radius 2 is 1.89 bits per heavy atom. The standard InChI is InChI=1S/C10H4F5N3/c11-9(12)8-5(1-2-16)6(10(13,14)15)4-18-7(8)3-17/h4,9H,1H2. The summed E-state index contributed by atoms with van der Waals surface area (Å²) in [6, 6.07) is 2.66. The van der Waals surface area contributed by atoms with Crippen LogP contribution in [0.1, 0.15) is 28.8 Å². The number of hydrogen-bond acceptors (Lipinski definition) is 3. The summed E-state index contributed by atoms with van der Waals surface area (Å²) in [6.07, 6.45) is -8.79. The maximum absolute atomic E-state index is 12.7. The van der Waals surface area contributed by atoms with Crippen LogP contribution in [0.25, 0.3) is 0 Å². The van der Waals surface area contributed by atoms with E-state index in [1.807, 2.05) is 0 Å². The molecule has 1 rings (SSSR count). The van der Waals surface area contributed by atoms with E-state index in [1.54, 1.807) is 0 Å². The van der Waals surface area contributed by atoms with Crippen molar-refractivity contribution in [1.29, 1.82) is 10.5 Å². The lowest BCUT2D eigenvalue weighted by Crippen LogP contribution is -2.14. The summed E-state index contributed by atoms with van der Waals surface area (Å²) in [5.74, 6) is 0. The maximum atomic E-state index is 12.7. The molecular formula is C10H4F5N3. The number of nitrogens with zero attached hydrogens (tertiary/aromatic N) is 3. The molecule has 0 aliphatic rings. The van der Waals surface area contributed by atoms with Gasteiger partial charge in [-0.1, -0.05) is 0 Å². The Kier molecular flexibility index (Phi) is 3.82. The summed E-state index contributed by atoms with van der Waals surface area (Å²) in [7, 11) is 0. The largest absolute Gasteiger partial charge is 0.418 e. The molecule has 0 radical (unpaired) electrons. The van der Waals surface area contributed by atoms with Gasteiger partial charge >= 0.3 is 6.18 Å². The summed E-state index contributed by atoms with van der Waals surface area (Å²) >= 11 is 0. The molecule has 0 N–H and O–H groups in total. The molecule has 1 aromatic rings. The highest BCUT2D eigenvalue weighted by atomic mass is 19.4. The lowest BCUT2D eigenvalue weighted by atomic mass is 9.99. The Hall–Kier alpha value is -2.22. The minimum Gasteiger partial charge on any atom is -0.244 e. The highest BCUT2D eigenvalue weighted by Gasteiger charge is 2.37. The first kappa shape index (κ1) is 13.8. The summed E-state index contributed by atoms with van der Waals surface area (Å²) in [5.41, 5.74) is -4.25. The van der Waals surface area contributed by atoms with Gasteiger partial charge in [0.2, 0.25) is 0 Å². The van der Waals surface area contributed by atoms with Gasteiger partial charge in [-0.05, 0) is 5.56 Å². The second-order valence-corrected chi connectivity index (χ2v) is 3.16. The zero-order valence-corrected chi connectivity index (χ0v) is 8.59. The number of aromatic nitrogens is 1. The first-order valence-electron chi connectivity index (χ1n) is 4.47. The molecule has 3 nitrogen and oxygen atoms in total. The number of halogens is 5. The van der Waals surface area contributed by atoms with E-state index >= 15 is 0 Å². The van der Waals surface area contributed by atoms with Crippen molar-refractivity contribution in [3.05, 3.63) is 28.6 Å². The van der Waals surface area contributed by atoms with Gasteiger partial charge in [0.1, 0.15) is 11.8 Å². The van der Waals surface area contributed by atoms with Crippen LogP contribution in [0, 0.1) is 22.7 Å². The molecule has 0 saturated heterocycles. The molecule has 0 unspecified atom stereocenters. The third kappa shape index (κ3) is 2.54. The van der Waals surface area contributed by atoms with Gasteiger partial charge in [-0.2, -0.15) is 23.7 Å². The average Bonchev–Trinajstić information content (AvgIpc) is 2.26. The molecule has 0 spiro atoms. The van der Waals surface area contributed by atoms with E-state index in [0.717, 1.165) is 0 Å². The van der Waals surface area contributed by atoms with E-state index in [-0.39, 0.29) is 6.20 Å². The van der Waals surface area contributed by atoms with Crippen LogP contribution < -0.4 is 0 Å². The SMILES string of the molecule is N#CCc1c(C(F)(F)F)cnc(C#N)c1C(F)F.